The summed E-state index contributed by atoms with van der Waals surface area (Å²) in [5.74, 6) is 0.551. The minimum absolute atomic E-state index is 0.191. The van der Waals surface area contributed by atoms with Crippen molar-refractivity contribution >= 4 is 34.3 Å². The minimum Gasteiger partial charge on any atom is -0.497 e. The molecule has 0 N–H and O–H groups in total. The summed E-state index contributed by atoms with van der Waals surface area (Å²) >= 11 is 1.28. The summed E-state index contributed by atoms with van der Waals surface area (Å²) < 4.78 is 20.7. The fourth-order valence-corrected chi connectivity index (χ4v) is 6.00. The normalized spacial score (nSPS) is 15.2. The van der Waals surface area contributed by atoms with Crippen molar-refractivity contribution in [3.05, 3.63) is 103 Å². The van der Waals surface area contributed by atoms with Crippen LogP contribution in [0.5, 0.6) is 11.5 Å². The van der Waals surface area contributed by atoms with E-state index in [4.69, 9.17) is 14.2 Å². The van der Waals surface area contributed by atoms with Crippen molar-refractivity contribution in [2.75, 3.05) is 20.8 Å². The van der Waals surface area contributed by atoms with Crippen LogP contribution < -0.4 is 24.4 Å². The lowest BCUT2D eigenvalue weighted by atomic mass is 9.94. The number of carbonyl (C=O) groups is 1. The summed E-state index contributed by atoms with van der Waals surface area (Å²) in [4.78, 5) is 32.5. The number of carbonyl (C=O) groups excluding carboxylic acids is 1. The first kappa shape index (κ1) is 26.2. The molecule has 0 bridgehead atoms. The van der Waals surface area contributed by atoms with E-state index in [9.17, 15) is 9.59 Å². The van der Waals surface area contributed by atoms with Gasteiger partial charge in [-0.05, 0) is 44.2 Å². The van der Waals surface area contributed by atoms with Crippen LogP contribution in [0, 0.1) is 0 Å². The molecule has 39 heavy (non-hydrogen) atoms. The number of aromatic nitrogens is 2. The first-order chi connectivity index (χ1) is 18.9. The molecule has 200 valence electrons. The van der Waals surface area contributed by atoms with E-state index in [0.29, 0.717) is 38.6 Å². The topological polar surface area (TPSA) is 84.0 Å². The van der Waals surface area contributed by atoms with Gasteiger partial charge in [0.2, 0.25) is 0 Å². The van der Waals surface area contributed by atoms with Crippen LogP contribution in [0.3, 0.4) is 0 Å². The highest BCUT2D eigenvalue weighted by Gasteiger charge is 2.35. The third kappa shape index (κ3) is 4.59. The Bertz CT molecular complexity index is 1810. The second-order valence-electron chi connectivity index (χ2n) is 8.95. The van der Waals surface area contributed by atoms with Gasteiger partial charge in [-0.15, -0.1) is 6.58 Å². The summed E-state index contributed by atoms with van der Waals surface area (Å²) in [6.07, 6.45) is 5.74. The number of rotatable bonds is 8. The molecule has 3 heterocycles. The standard InChI is InChI=1S/C30H29N3O5S/c1-6-14-32-17-19(21-10-8-9-11-23(21)32)15-25-28(34)33-27(22-16-20(36-4)12-13-24(22)37-5)26(29(35)38-7-2)18(3)31-30(33)39-25/h6,8-13,15-17,27H,1,7,14H2,2-5H3/b25-15-/t27-/m0/s1. The van der Waals surface area contributed by atoms with Crippen LogP contribution in [-0.4, -0.2) is 35.9 Å². The van der Waals surface area contributed by atoms with Gasteiger partial charge in [0, 0.05) is 34.8 Å². The van der Waals surface area contributed by atoms with Gasteiger partial charge in [0.15, 0.2) is 4.80 Å². The number of fused-ring (bicyclic) bond motifs is 2. The molecule has 0 spiro atoms. The lowest BCUT2D eigenvalue weighted by Gasteiger charge is -2.26. The summed E-state index contributed by atoms with van der Waals surface area (Å²) in [6, 6.07) is 12.5. The highest BCUT2D eigenvalue weighted by Crippen LogP contribution is 2.37. The van der Waals surface area contributed by atoms with Crippen molar-refractivity contribution < 1.29 is 19.0 Å². The van der Waals surface area contributed by atoms with Crippen molar-refractivity contribution in [2.24, 2.45) is 4.99 Å². The molecular formula is C30H29N3O5S. The first-order valence-corrected chi connectivity index (χ1v) is 13.3. The van der Waals surface area contributed by atoms with Crippen LogP contribution in [0.25, 0.3) is 17.0 Å². The van der Waals surface area contributed by atoms with Crippen LogP contribution in [0.2, 0.25) is 0 Å². The second kappa shape index (κ2) is 10.8. The van der Waals surface area contributed by atoms with Gasteiger partial charge in [0.1, 0.15) is 17.5 Å². The van der Waals surface area contributed by atoms with Crippen molar-refractivity contribution in [3.63, 3.8) is 0 Å². The summed E-state index contributed by atoms with van der Waals surface area (Å²) in [5.41, 5.74) is 3.07. The van der Waals surface area contributed by atoms with E-state index >= 15 is 0 Å². The number of allylic oxidation sites excluding steroid dienone is 2. The SMILES string of the molecule is C=CCn1cc(/C=c2\sc3n(c2=O)[C@@H](c2cc(OC)ccc2OC)C(C(=O)OCC)=C(C)N=3)c2ccccc21. The summed E-state index contributed by atoms with van der Waals surface area (Å²) in [7, 11) is 3.11. The molecule has 8 nitrogen and oxygen atoms in total. The number of benzene rings is 2. The molecule has 1 aliphatic rings. The highest BCUT2D eigenvalue weighted by molar-refractivity contribution is 7.07. The predicted molar refractivity (Wildman–Crippen MR) is 152 cm³/mol. The predicted octanol–water partition coefficient (Wildman–Crippen LogP) is 3.96. The molecule has 0 radical (unpaired) electrons. The lowest BCUT2D eigenvalue weighted by Crippen LogP contribution is -2.40. The van der Waals surface area contributed by atoms with E-state index < -0.39 is 12.0 Å². The Hall–Kier alpha value is -4.37. The van der Waals surface area contributed by atoms with E-state index in [1.165, 1.54) is 11.3 Å². The Morgan fingerprint density at radius 1 is 1.18 bits per heavy atom. The average Bonchev–Trinajstić information content (AvgIpc) is 3.44. The van der Waals surface area contributed by atoms with Crippen molar-refractivity contribution in [1.29, 1.82) is 0 Å². The van der Waals surface area contributed by atoms with Gasteiger partial charge in [-0.1, -0.05) is 35.6 Å². The molecule has 0 saturated heterocycles. The highest BCUT2D eigenvalue weighted by atomic mass is 32.1. The fourth-order valence-electron chi connectivity index (χ4n) is 4.96. The van der Waals surface area contributed by atoms with E-state index in [2.05, 4.69) is 16.1 Å². The number of nitrogens with zero attached hydrogens (tertiary/aromatic N) is 3. The monoisotopic (exact) mass is 543 g/mol. The van der Waals surface area contributed by atoms with Gasteiger partial charge in [-0.2, -0.15) is 0 Å². The third-order valence-corrected chi connectivity index (χ3v) is 7.66. The number of para-hydroxylation sites is 1. The van der Waals surface area contributed by atoms with Gasteiger partial charge >= 0.3 is 5.97 Å². The van der Waals surface area contributed by atoms with E-state index in [0.717, 1.165) is 16.5 Å². The Kier molecular flexibility index (Phi) is 7.26. The van der Waals surface area contributed by atoms with Gasteiger partial charge < -0.3 is 18.8 Å². The molecule has 1 atom stereocenters. The molecule has 2 aromatic carbocycles. The molecule has 0 unspecified atom stereocenters. The maximum atomic E-state index is 14.1. The number of esters is 1. The molecule has 0 saturated carbocycles. The maximum absolute atomic E-state index is 14.1. The van der Waals surface area contributed by atoms with Crippen LogP contribution in [0.1, 0.15) is 31.0 Å². The zero-order chi connectivity index (χ0) is 27.7. The molecular weight excluding hydrogens is 514 g/mol. The lowest BCUT2D eigenvalue weighted by molar-refractivity contribution is -0.139. The van der Waals surface area contributed by atoms with E-state index in [-0.39, 0.29) is 17.7 Å². The van der Waals surface area contributed by atoms with Crippen molar-refractivity contribution in [3.8, 4) is 11.5 Å². The summed E-state index contributed by atoms with van der Waals surface area (Å²) in [6.45, 7) is 8.20. The Labute approximate surface area is 229 Å². The molecule has 9 heteroatoms. The van der Waals surface area contributed by atoms with Crippen LogP contribution in [0.15, 0.2) is 82.4 Å². The Balaban J connectivity index is 1.78. The van der Waals surface area contributed by atoms with Gasteiger partial charge in [-0.3, -0.25) is 9.36 Å². The molecule has 5 rings (SSSR count). The van der Waals surface area contributed by atoms with Crippen LogP contribution in [-0.2, 0) is 16.1 Å². The van der Waals surface area contributed by atoms with E-state index in [1.807, 2.05) is 42.6 Å². The zero-order valence-electron chi connectivity index (χ0n) is 22.3. The quantitative estimate of drug-likeness (QED) is 0.248. The summed E-state index contributed by atoms with van der Waals surface area (Å²) in [5, 5.41) is 1.03. The molecule has 1 aliphatic heterocycles. The third-order valence-electron chi connectivity index (χ3n) is 6.68. The van der Waals surface area contributed by atoms with Gasteiger partial charge in [0.25, 0.3) is 5.56 Å². The van der Waals surface area contributed by atoms with Gasteiger partial charge in [0.05, 0.1) is 36.6 Å². The molecule has 4 aromatic rings. The number of methoxy groups -OCH3 is 2. The largest absolute Gasteiger partial charge is 0.497 e. The van der Waals surface area contributed by atoms with Crippen molar-refractivity contribution in [2.45, 2.75) is 26.4 Å². The number of ether oxygens (including phenoxy) is 3. The second-order valence-corrected chi connectivity index (χ2v) is 9.96. The Morgan fingerprint density at radius 2 is 1.97 bits per heavy atom. The molecule has 0 aliphatic carbocycles. The van der Waals surface area contributed by atoms with Crippen LogP contribution in [0.4, 0.5) is 0 Å². The first-order valence-electron chi connectivity index (χ1n) is 12.5. The maximum Gasteiger partial charge on any atom is 0.338 e. The van der Waals surface area contributed by atoms with Gasteiger partial charge in [-0.25, -0.2) is 9.79 Å². The number of hydrogen-bond donors (Lipinski definition) is 0. The minimum atomic E-state index is -0.811. The van der Waals surface area contributed by atoms with E-state index in [1.54, 1.807) is 50.8 Å². The fraction of sp³-hybridized carbons (Fsp3) is 0.233. The smallest absolute Gasteiger partial charge is 0.338 e. The Morgan fingerprint density at radius 3 is 2.69 bits per heavy atom. The molecule has 2 aromatic heterocycles. The zero-order valence-corrected chi connectivity index (χ0v) is 23.1. The molecule has 0 fully saturated rings. The average molecular weight is 544 g/mol. The number of hydrogen-bond acceptors (Lipinski definition) is 7. The van der Waals surface area contributed by atoms with Crippen molar-refractivity contribution in [1.82, 2.24) is 9.13 Å². The molecule has 0 amide bonds. The number of thiazole rings is 1. The van der Waals surface area contributed by atoms with Crippen LogP contribution >= 0.6 is 11.3 Å².